The van der Waals surface area contributed by atoms with Gasteiger partial charge in [0, 0.05) is 15.6 Å². The topological polar surface area (TPSA) is 17.1 Å². The normalized spacial score (nSPS) is 10.6. The van der Waals surface area contributed by atoms with Gasteiger partial charge in [0.1, 0.15) is 0 Å². The maximum Gasteiger partial charge on any atom is 0.193 e. The molecule has 0 saturated heterocycles. The van der Waals surface area contributed by atoms with Crippen LogP contribution in [0.25, 0.3) is 0 Å². The van der Waals surface area contributed by atoms with Crippen molar-refractivity contribution >= 4 is 21.7 Å². The molecule has 2 aromatic rings. The lowest BCUT2D eigenvalue weighted by Crippen LogP contribution is -2.09. The largest absolute Gasteiger partial charge is 0.289 e. The van der Waals surface area contributed by atoms with E-state index in [1.165, 1.54) is 11.1 Å². The number of ketones is 1. The third kappa shape index (κ3) is 2.64. The molecule has 0 N–H and O–H groups in total. The molecule has 0 amide bonds. The first-order valence-electron chi connectivity index (χ1n) is 6.29. The van der Waals surface area contributed by atoms with Crippen molar-refractivity contribution in [2.75, 3.05) is 0 Å². The molecule has 2 rings (SSSR count). The Morgan fingerprint density at radius 2 is 1.53 bits per heavy atom. The number of carbonyl (C=O) groups is 1. The van der Waals surface area contributed by atoms with E-state index >= 15 is 0 Å². The van der Waals surface area contributed by atoms with E-state index < -0.39 is 0 Å². The van der Waals surface area contributed by atoms with Gasteiger partial charge in [-0.05, 0) is 62.1 Å². The second-order valence-corrected chi connectivity index (χ2v) is 5.89. The molecule has 0 heterocycles. The zero-order chi connectivity index (χ0) is 14.2. The molecule has 0 saturated carbocycles. The van der Waals surface area contributed by atoms with Crippen LogP contribution in [0.2, 0.25) is 0 Å². The molecule has 0 aliphatic carbocycles. The third-order valence-electron chi connectivity index (χ3n) is 3.68. The van der Waals surface area contributed by atoms with Crippen LogP contribution in [0, 0.1) is 27.7 Å². The first-order chi connectivity index (χ1) is 8.91. The number of aryl methyl sites for hydroxylation is 2. The Bertz CT molecular complexity index is 630. The molecule has 19 heavy (non-hydrogen) atoms. The molecular weight excluding hydrogens is 300 g/mol. The van der Waals surface area contributed by atoms with Gasteiger partial charge in [-0.15, -0.1) is 0 Å². The summed E-state index contributed by atoms with van der Waals surface area (Å²) >= 11 is 3.42. The van der Waals surface area contributed by atoms with Crippen LogP contribution >= 0.6 is 15.9 Å². The van der Waals surface area contributed by atoms with Gasteiger partial charge in [0.15, 0.2) is 5.78 Å². The van der Waals surface area contributed by atoms with Crippen molar-refractivity contribution in [3.8, 4) is 0 Å². The molecule has 0 bridgehead atoms. The molecule has 2 heteroatoms. The first-order valence-corrected chi connectivity index (χ1v) is 7.08. The monoisotopic (exact) mass is 316 g/mol. The SMILES string of the molecule is Cc1cc(C)c(C)c(C(=O)c2cccc(Br)c2)c1C. The average Bonchev–Trinajstić information content (AvgIpc) is 2.36. The Morgan fingerprint density at radius 1 is 0.947 bits per heavy atom. The van der Waals surface area contributed by atoms with Crippen LogP contribution in [0.15, 0.2) is 34.8 Å². The summed E-state index contributed by atoms with van der Waals surface area (Å²) in [5.74, 6) is 0.100. The second kappa shape index (κ2) is 5.30. The number of hydrogen-bond acceptors (Lipinski definition) is 1. The smallest absolute Gasteiger partial charge is 0.193 e. The Morgan fingerprint density at radius 3 is 2.05 bits per heavy atom. The highest BCUT2D eigenvalue weighted by Gasteiger charge is 2.17. The maximum atomic E-state index is 12.7. The van der Waals surface area contributed by atoms with Gasteiger partial charge in [-0.3, -0.25) is 4.79 Å². The van der Waals surface area contributed by atoms with Crippen molar-refractivity contribution in [1.82, 2.24) is 0 Å². The van der Waals surface area contributed by atoms with Crippen LogP contribution < -0.4 is 0 Å². The molecule has 0 spiro atoms. The van der Waals surface area contributed by atoms with E-state index in [-0.39, 0.29) is 5.78 Å². The zero-order valence-corrected chi connectivity index (χ0v) is 13.3. The molecule has 0 atom stereocenters. The number of carbonyl (C=O) groups excluding carboxylic acids is 1. The molecule has 0 aliphatic rings. The average molecular weight is 317 g/mol. The fourth-order valence-corrected chi connectivity index (χ4v) is 2.73. The summed E-state index contributed by atoms with van der Waals surface area (Å²) in [5, 5.41) is 0. The van der Waals surface area contributed by atoms with Crippen molar-refractivity contribution in [2.24, 2.45) is 0 Å². The van der Waals surface area contributed by atoms with Gasteiger partial charge >= 0.3 is 0 Å². The van der Waals surface area contributed by atoms with E-state index in [2.05, 4.69) is 35.8 Å². The van der Waals surface area contributed by atoms with Crippen LogP contribution in [0.3, 0.4) is 0 Å². The molecule has 2 aromatic carbocycles. The van der Waals surface area contributed by atoms with Gasteiger partial charge in [-0.25, -0.2) is 0 Å². The fourth-order valence-electron chi connectivity index (χ4n) is 2.33. The minimum Gasteiger partial charge on any atom is -0.289 e. The van der Waals surface area contributed by atoms with Crippen LogP contribution in [0.4, 0.5) is 0 Å². The number of hydrogen-bond donors (Lipinski definition) is 0. The quantitative estimate of drug-likeness (QED) is 0.719. The van der Waals surface area contributed by atoms with Gasteiger partial charge in [-0.1, -0.05) is 34.1 Å². The summed E-state index contributed by atoms with van der Waals surface area (Å²) in [7, 11) is 0. The van der Waals surface area contributed by atoms with Crippen LogP contribution in [0.5, 0.6) is 0 Å². The van der Waals surface area contributed by atoms with Crippen molar-refractivity contribution in [3.63, 3.8) is 0 Å². The predicted molar refractivity (Wildman–Crippen MR) is 83.0 cm³/mol. The number of rotatable bonds is 2. The van der Waals surface area contributed by atoms with Gasteiger partial charge in [-0.2, -0.15) is 0 Å². The highest BCUT2D eigenvalue weighted by Crippen LogP contribution is 2.25. The molecule has 0 aliphatic heterocycles. The van der Waals surface area contributed by atoms with Gasteiger partial charge in [0.2, 0.25) is 0 Å². The molecular formula is C17H17BrO. The standard InChI is InChI=1S/C17H17BrO/c1-10-8-11(2)13(4)16(12(10)3)17(19)14-6-5-7-15(18)9-14/h5-9H,1-4H3. The summed E-state index contributed by atoms with van der Waals surface area (Å²) < 4.78 is 0.929. The molecule has 1 nitrogen and oxygen atoms in total. The van der Waals surface area contributed by atoms with E-state index in [0.29, 0.717) is 0 Å². The Hall–Kier alpha value is -1.41. The lowest BCUT2D eigenvalue weighted by atomic mass is 9.89. The van der Waals surface area contributed by atoms with Gasteiger partial charge in [0.25, 0.3) is 0 Å². The van der Waals surface area contributed by atoms with Crippen molar-refractivity contribution < 1.29 is 4.79 Å². The number of halogens is 1. The zero-order valence-electron chi connectivity index (χ0n) is 11.7. The third-order valence-corrected chi connectivity index (χ3v) is 4.17. The lowest BCUT2D eigenvalue weighted by molar-refractivity contribution is 0.103. The van der Waals surface area contributed by atoms with Crippen molar-refractivity contribution in [3.05, 3.63) is 68.2 Å². The maximum absolute atomic E-state index is 12.7. The molecule has 0 radical (unpaired) electrons. The fraction of sp³-hybridized carbons (Fsp3) is 0.235. The van der Waals surface area contributed by atoms with E-state index in [0.717, 1.165) is 26.7 Å². The summed E-state index contributed by atoms with van der Waals surface area (Å²) in [6.07, 6.45) is 0. The lowest BCUT2D eigenvalue weighted by Gasteiger charge is -2.14. The molecule has 0 aromatic heterocycles. The Labute approximate surface area is 122 Å². The Kier molecular flexibility index (Phi) is 3.91. The highest BCUT2D eigenvalue weighted by atomic mass is 79.9. The van der Waals surface area contributed by atoms with Crippen LogP contribution in [-0.2, 0) is 0 Å². The van der Waals surface area contributed by atoms with E-state index in [4.69, 9.17) is 0 Å². The summed E-state index contributed by atoms with van der Waals surface area (Å²) in [6, 6.07) is 9.70. The van der Waals surface area contributed by atoms with E-state index in [1.807, 2.05) is 38.1 Å². The summed E-state index contributed by atoms with van der Waals surface area (Å²) in [5.41, 5.74) is 6.06. The van der Waals surface area contributed by atoms with Gasteiger partial charge < -0.3 is 0 Å². The second-order valence-electron chi connectivity index (χ2n) is 4.97. The highest BCUT2D eigenvalue weighted by molar-refractivity contribution is 9.10. The minimum atomic E-state index is 0.100. The molecule has 98 valence electrons. The van der Waals surface area contributed by atoms with Gasteiger partial charge in [0.05, 0.1) is 0 Å². The predicted octanol–water partition coefficient (Wildman–Crippen LogP) is 4.91. The molecule has 0 fully saturated rings. The molecule has 0 unspecified atom stereocenters. The first kappa shape index (κ1) is 14.0. The minimum absolute atomic E-state index is 0.100. The van der Waals surface area contributed by atoms with Crippen LogP contribution in [0.1, 0.15) is 38.2 Å². The van der Waals surface area contributed by atoms with Crippen LogP contribution in [-0.4, -0.2) is 5.78 Å². The van der Waals surface area contributed by atoms with E-state index in [9.17, 15) is 4.79 Å². The van der Waals surface area contributed by atoms with Crippen molar-refractivity contribution in [2.45, 2.75) is 27.7 Å². The summed E-state index contributed by atoms with van der Waals surface area (Å²) in [6.45, 7) is 8.15. The van der Waals surface area contributed by atoms with E-state index in [1.54, 1.807) is 0 Å². The van der Waals surface area contributed by atoms with Crippen molar-refractivity contribution in [1.29, 1.82) is 0 Å². The number of benzene rings is 2. The summed E-state index contributed by atoms with van der Waals surface area (Å²) in [4.78, 5) is 12.7. The Balaban J connectivity index is 2.62.